The third-order valence-corrected chi connectivity index (χ3v) is 3.70. The normalized spacial score (nSPS) is 16.1. The molecule has 1 heterocycles. The van der Waals surface area contributed by atoms with Crippen molar-refractivity contribution in [1.82, 2.24) is 15.1 Å². The van der Waals surface area contributed by atoms with E-state index in [1.165, 1.54) is 4.90 Å². The second kappa shape index (κ2) is 7.25. The molecule has 0 bridgehead atoms. The molecule has 7 heteroatoms. The average Bonchev–Trinajstić information content (AvgIpc) is 2.45. The fourth-order valence-corrected chi connectivity index (χ4v) is 2.60. The van der Waals surface area contributed by atoms with E-state index in [9.17, 15) is 18.4 Å². The van der Waals surface area contributed by atoms with Crippen molar-refractivity contribution in [2.45, 2.75) is 26.3 Å². The second-order valence-electron chi connectivity index (χ2n) is 6.99. The van der Waals surface area contributed by atoms with Crippen LogP contribution in [-0.2, 0) is 4.79 Å². The molecule has 0 atom stereocenters. The van der Waals surface area contributed by atoms with Crippen LogP contribution in [0.4, 0.5) is 8.78 Å². The number of benzene rings is 1. The summed E-state index contributed by atoms with van der Waals surface area (Å²) in [5.41, 5.74) is -0.412. The molecular weight excluding hydrogens is 316 g/mol. The summed E-state index contributed by atoms with van der Waals surface area (Å²) in [5.74, 6) is -2.08. The van der Waals surface area contributed by atoms with Crippen molar-refractivity contribution in [3.8, 4) is 0 Å². The summed E-state index contributed by atoms with van der Waals surface area (Å²) in [6.07, 6.45) is 0. The molecule has 1 fully saturated rings. The maximum Gasteiger partial charge on any atom is 0.256 e. The first-order chi connectivity index (χ1) is 11.2. The van der Waals surface area contributed by atoms with Crippen molar-refractivity contribution in [2.24, 2.45) is 0 Å². The second-order valence-corrected chi connectivity index (χ2v) is 6.99. The fourth-order valence-electron chi connectivity index (χ4n) is 2.60. The van der Waals surface area contributed by atoms with Crippen LogP contribution in [0.3, 0.4) is 0 Å². The van der Waals surface area contributed by atoms with Gasteiger partial charge in [0.05, 0.1) is 12.1 Å². The highest BCUT2D eigenvalue weighted by Crippen LogP contribution is 2.14. The Bertz CT molecular complexity index is 621. The summed E-state index contributed by atoms with van der Waals surface area (Å²) in [7, 11) is 0. The zero-order valence-corrected chi connectivity index (χ0v) is 14.2. The van der Waals surface area contributed by atoms with Crippen molar-refractivity contribution >= 4 is 11.8 Å². The number of carbonyl (C=O) groups is 2. The molecule has 132 valence electrons. The van der Waals surface area contributed by atoms with Crippen LogP contribution in [0.25, 0.3) is 0 Å². The maximum absolute atomic E-state index is 13.7. The van der Waals surface area contributed by atoms with Crippen LogP contribution in [0.2, 0.25) is 0 Å². The molecule has 0 saturated carbocycles. The van der Waals surface area contributed by atoms with Crippen molar-refractivity contribution in [3.05, 3.63) is 35.4 Å². The van der Waals surface area contributed by atoms with Gasteiger partial charge in [0.15, 0.2) is 0 Å². The van der Waals surface area contributed by atoms with Crippen LogP contribution in [0.1, 0.15) is 31.1 Å². The predicted octanol–water partition coefficient (Wildman–Crippen LogP) is 1.64. The standard InChI is InChI=1S/C17H23F2N3O2/c1-17(2,3)20-15(23)11-21-6-8-22(9-7-21)16(24)13-5-4-12(18)10-14(13)19/h4-5,10H,6-9,11H2,1-3H3,(H,20,23). The number of amides is 2. The molecule has 1 N–H and O–H groups in total. The third-order valence-electron chi connectivity index (χ3n) is 3.70. The smallest absolute Gasteiger partial charge is 0.256 e. The number of halogens is 2. The number of nitrogens with one attached hydrogen (secondary N) is 1. The number of carbonyl (C=O) groups excluding carboxylic acids is 2. The van der Waals surface area contributed by atoms with E-state index in [1.54, 1.807) is 0 Å². The van der Waals surface area contributed by atoms with E-state index in [2.05, 4.69) is 5.32 Å². The van der Waals surface area contributed by atoms with E-state index < -0.39 is 17.5 Å². The maximum atomic E-state index is 13.7. The summed E-state index contributed by atoms with van der Waals surface area (Å²) >= 11 is 0. The van der Waals surface area contributed by atoms with Gasteiger partial charge in [-0.1, -0.05) is 0 Å². The first-order valence-electron chi connectivity index (χ1n) is 7.93. The Hall–Kier alpha value is -2.02. The van der Waals surface area contributed by atoms with Crippen molar-refractivity contribution < 1.29 is 18.4 Å². The van der Waals surface area contributed by atoms with Gasteiger partial charge < -0.3 is 10.2 Å². The first kappa shape index (κ1) is 18.3. The predicted molar refractivity (Wildman–Crippen MR) is 86.6 cm³/mol. The van der Waals surface area contributed by atoms with E-state index in [4.69, 9.17) is 0 Å². The highest BCUT2D eigenvalue weighted by molar-refractivity contribution is 5.94. The Morgan fingerprint density at radius 3 is 2.29 bits per heavy atom. The summed E-state index contributed by atoms with van der Waals surface area (Å²) in [4.78, 5) is 27.7. The van der Waals surface area contributed by atoms with E-state index >= 15 is 0 Å². The molecule has 1 aliphatic rings. The molecule has 5 nitrogen and oxygen atoms in total. The van der Waals surface area contributed by atoms with Crippen LogP contribution >= 0.6 is 0 Å². The Morgan fingerprint density at radius 1 is 1.12 bits per heavy atom. The average molecular weight is 339 g/mol. The molecule has 0 spiro atoms. The molecule has 0 aromatic heterocycles. The minimum atomic E-state index is -0.855. The lowest BCUT2D eigenvalue weighted by Gasteiger charge is -2.35. The zero-order chi connectivity index (χ0) is 17.9. The highest BCUT2D eigenvalue weighted by atomic mass is 19.1. The molecule has 0 unspecified atom stereocenters. The molecule has 0 aliphatic carbocycles. The molecule has 1 aromatic carbocycles. The molecule has 1 aromatic rings. The Balaban J connectivity index is 1.88. The number of rotatable bonds is 3. The quantitative estimate of drug-likeness (QED) is 0.911. The Labute approximate surface area is 140 Å². The monoisotopic (exact) mass is 339 g/mol. The van der Waals surface area contributed by atoms with Crippen molar-refractivity contribution in [1.29, 1.82) is 0 Å². The lowest BCUT2D eigenvalue weighted by atomic mass is 10.1. The SMILES string of the molecule is CC(C)(C)NC(=O)CN1CCN(C(=O)c2ccc(F)cc2F)CC1. The van der Waals surface area contributed by atoms with Gasteiger partial charge in [-0.2, -0.15) is 0 Å². The zero-order valence-electron chi connectivity index (χ0n) is 14.2. The Kier molecular flexibility index (Phi) is 5.54. The van der Waals surface area contributed by atoms with Crippen LogP contribution in [0, 0.1) is 11.6 Å². The molecular formula is C17H23F2N3O2. The lowest BCUT2D eigenvalue weighted by Crippen LogP contribution is -2.52. The van der Waals surface area contributed by atoms with E-state index in [0.29, 0.717) is 32.2 Å². The lowest BCUT2D eigenvalue weighted by molar-refractivity contribution is -0.124. The fraction of sp³-hybridized carbons (Fsp3) is 0.529. The van der Waals surface area contributed by atoms with Gasteiger partial charge in [-0.3, -0.25) is 14.5 Å². The molecule has 2 rings (SSSR count). The van der Waals surface area contributed by atoms with Crippen LogP contribution < -0.4 is 5.32 Å². The van der Waals surface area contributed by atoms with Crippen LogP contribution in [0.15, 0.2) is 18.2 Å². The molecule has 0 radical (unpaired) electrons. The van der Waals surface area contributed by atoms with E-state index in [-0.39, 0.29) is 23.6 Å². The molecule has 1 saturated heterocycles. The number of hydrogen-bond donors (Lipinski definition) is 1. The minimum absolute atomic E-state index is 0.0631. The van der Waals surface area contributed by atoms with Gasteiger partial charge >= 0.3 is 0 Å². The van der Waals surface area contributed by atoms with Crippen LogP contribution in [0.5, 0.6) is 0 Å². The number of hydrogen-bond acceptors (Lipinski definition) is 3. The van der Waals surface area contributed by atoms with E-state index in [0.717, 1.165) is 12.1 Å². The number of piperazine rings is 1. The number of nitrogens with zero attached hydrogens (tertiary/aromatic N) is 2. The summed E-state index contributed by atoms with van der Waals surface area (Å²) in [6.45, 7) is 7.88. The Morgan fingerprint density at radius 2 is 1.75 bits per heavy atom. The molecule has 1 aliphatic heterocycles. The highest BCUT2D eigenvalue weighted by Gasteiger charge is 2.25. The largest absolute Gasteiger partial charge is 0.350 e. The summed E-state index contributed by atoms with van der Waals surface area (Å²) in [5, 5.41) is 2.89. The summed E-state index contributed by atoms with van der Waals surface area (Å²) < 4.78 is 26.6. The van der Waals surface area contributed by atoms with Crippen LogP contribution in [-0.4, -0.2) is 59.9 Å². The van der Waals surface area contributed by atoms with Gasteiger partial charge in [0, 0.05) is 37.8 Å². The van der Waals surface area contributed by atoms with Crippen molar-refractivity contribution in [3.63, 3.8) is 0 Å². The molecule has 24 heavy (non-hydrogen) atoms. The molecule has 2 amide bonds. The summed E-state index contributed by atoms with van der Waals surface area (Å²) in [6, 6.07) is 2.94. The van der Waals surface area contributed by atoms with Crippen molar-refractivity contribution in [2.75, 3.05) is 32.7 Å². The van der Waals surface area contributed by atoms with Gasteiger partial charge in [-0.15, -0.1) is 0 Å². The van der Waals surface area contributed by atoms with E-state index in [1.807, 2.05) is 25.7 Å². The van der Waals surface area contributed by atoms with Gasteiger partial charge in [0.1, 0.15) is 11.6 Å². The topological polar surface area (TPSA) is 52.7 Å². The third kappa shape index (κ3) is 4.99. The first-order valence-corrected chi connectivity index (χ1v) is 7.93. The van der Waals surface area contributed by atoms with Gasteiger partial charge in [-0.25, -0.2) is 8.78 Å². The van der Waals surface area contributed by atoms with Gasteiger partial charge in [0.2, 0.25) is 5.91 Å². The minimum Gasteiger partial charge on any atom is -0.350 e. The van der Waals surface area contributed by atoms with Gasteiger partial charge in [-0.05, 0) is 32.9 Å². The van der Waals surface area contributed by atoms with Gasteiger partial charge in [0.25, 0.3) is 5.91 Å².